The molecule has 0 radical (unpaired) electrons. The first-order valence-corrected chi connectivity index (χ1v) is 10.2. The Kier molecular flexibility index (Phi) is 6.02. The SMILES string of the molecule is CC1CCN(Cc2c(-c3c(F)cc(F)cc3F)c(C(C(=O)O)C(=O)O)nc3ncnn23)CC1. The Balaban J connectivity index is 2.04. The smallest absolute Gasteiger partial charge is 0.324 e. The lowest BCUT2D eigenvalue weighted by atomic mass is 9.92. The molecule has 4 rings (SSSR count). The van der Waals surface area contributed by atoms with E-state index in [4.69, 9.17) is 0 Å². The van der Waals surface area contributed by atoms with Crippen LogP contribution >= 0.6 is 0 Å². The van der Waals surface area contributed by atoms with Crippen molar-refractivity contribution < 1.29 is 33.0 Å². The maximum atomic E-state index is 14.9. The maximum Gasteiger partial charge on any atom is 0.324 e. The van der Waals surface area contributed by atoms with Gasteiger partial charge < -0.3 is 10.2 Å². The fraction of sp³-hybridized carbons (Fsp3) is 0.381. The minimum absolute atomic E-state index is 0.0691. The molecule has 2 N–H and O–H groups in total. The van der Waals surface area contributed by atoms with Crippen molar-refractivity contribution >= 4 is 17.7 Å². The highest BCUT2D eigenvalue weighted by molar-refractivity contribution is 6.00. The molecule has 1 saturated heterocycles. The Hall–Kier alpha value is -3.54. The van der Waals surface area contributed by atoms with Gasteiger partial charge in [0.15, 0.2) is 5.92 Å². The van der Waals surface area contributed by atoms with Crippen LogP contribution in [0.25, 0.3) is 16.9 Å². The van der Waals surface area contributed by atoms with Gasteiger partial charge in [0.05, 0.1) is 17.0 Å². The average molecular weight is 463 g/mol. The van der Waals surface area contributed by atoms with Gasteiger partial charge in [0, 0.05) is 24.2 Å². The fourth-order valence-electron chi connectivity index (χ4n) is 4.10. The van der Waals surface area contributed by atoms with Crippen LogP contribution in [0.2, 0.25) is 0 Å². The number of aromatic nitrogens is 4. The topological polar surface area (TPSA) is 121 Å². The van der Waals surface area contributed by atoms with Gasteiger partial charge >= 0.3 is 11.9 Å². The zero-order valence-electron chi connectivity index (χ0n) is 17.5. The van der Waals surface area contributed by atoms with Crippen LogP contribution in [-0.2, 0) is 16.1 Å². The molecule has 1 aromatic carbocycles. The minimum Gasteiger partial charge on any atom is -0.480 e. The number of aliphatic carboxylic acids is 2. The largest absolute Gasteiger partial charge is 0.480 e. The molecule has 2 aromatic heterocycles. The minimum atomic E-state index is -2.24. The first kappa shape index (κ1) is 22.6. The first-order valence-electron chi connectivity index (χ1n) is 10.2. The molecule has 174 valence electrons. The zero-order chi connectivity index (χ0) is 23.9. The second-order valence-corrected chi connectivity index (χ2v) is 8.10. The number of nitrogens with zero attached hydrogens (tertiary/aromatic N) is 5. The van der Waals surface area contributed by atoms with Crippen LogP contribution in [0.5, 0.6) is 0 Å². The molecular formula is C21H20F3N5O4. The second-order valence-electron chi connectivity index (χ2n) is 8.10. The molecule has 0 bridgehead atoms. The first-order chi connectivity index (χ1) is 15.7. The molecule has 1 fully saturated rings. The summed E-state index contributed by atoms with van der Waals surface area (Å²) in [6.45, 7) is 3.49. The van der Waals surface area contributed by atoms with Crippen molar-refractivity contribution in [3.05, 3.63) is 47.3 Å². The van der Waals surface area contributed by atoms with Crippen LogP contribution in [0.3, 0.4) is 0 Å². The van der Waals surface area contributed by atoms with Crippen LogP contribution in [0.1, 0.15) is 37.1 Å². The third-order valence-corrected chi connectivity index (χ3v) is 5.82. The molecule has 0 unspecified atom stereocenters. The number of likely N-dealkylation sites (tertiary alicyclic amines) is 1. The number of piperidine rings is 1. The molecule has 1 aliphatic heterocycles. The van der Waals surface area contributed by atoms with E-state index in [2.05, 4.69) is 22.0 Å². The number of hydrogen-bond acceptors (Lipinski definition) is 6. The van der Waals surface area contributed by atoms with Crippen molar-refractivity contribution in [3.8, 4) is 11.1 Å². The van der Waals surface area contributed by atoms with Crippen LogP contribution in [0.4, 0.5) is 13.2 Å². The lowest BCUT2D eigenvalue weighted by Gasteiger charge is -2.31. The highest BCUT2D eigenvalue weighted by Crippen LogP contribution is 2.37. The molecular weight excluding hydrogens is 443 g/mol. The van der Waals surface area contributed by atoms with Gasteiger partial charge in [-0.3, -0.25) is 14.5 Å². The molecule has 0 atom stereocenters. The summed E-state index contributed by atoms with van der Waals surface area (Å²) in [6, 6.07) is 0.882. The molecule has 9 nitrogen and oxygen atoms in total. The van der Waals surface area contributed by atoms with Crippen LogP contribution < -0.4 is 0 Å². The molecule has 0 spiro atoms. The summed E-state index contributed by atoms with van der Waals surface area (Å²) in [5, 5.41) is 23.2. The van der Waals surface area contributed by atoms with Gasteiger partial charge in [0.2, 0.25) is 0 Å². The van der Waals surface area contributed by atoms with E-state index in [1.54, 1.807) is 0 Å². The quantitative estimate of drug-likeness (QED) is 0.536. The number of rotatable bonds is 6. The number of benzene rings is 1. The van der Waals surface area contributed by atoms with Gasteiger partial charge in [-0.1, -0.05) is 6.92 Å². The molecule has 0 amide bonds. The fourth-order valence-corrected chi connectivity index (χ4v) is 4.10. The maximum absolute atomic E-state index is 14.9. The van der Waals surface area contributed by atoms with E-state index < -0.39 is 52.1 Å². The van der Waals surface area contributed by atoms with E-state index in [0.717, 1.165) is 19.2 Å². The Labute approximate surface area is 185 Å². The Morgan fingerprint density at radius 2 is 1.70 bits per heavy atom. The van der Waals surface area contributed by atoms with Crippen LogP contribution in [0, 0.1) is 23.4 Å². The molecule has 1 aliphatic rings. The summed E-state index contributed by atoms with van der Waals surface area (Å²) in [4.78, 5) is 33.6. The Bertz CT molecular complexity index is 1200. The Morgan fingerprint density at radius 1 is 1.09 bits per heavy atom. The van der Waals surface area contributed by atoms with Crippen molar-refractivity contribution in [2.45, 2.75) is 32.2 Å². The van der Waals surface area contributed by atoms with E-state index in [-0.39, 0.29) is 18.0 Å². The summed E-state index contributed by atoms with van der Waals surface area (Å²) in [5.74, 6) is -9.24. The molecule has 3 aromatic rings. The van der Waals surface area contributed by atoms with Crippen molar-refractivity contribution in [2.24, 2.45) is 5.92 Å². The van der Waals surface area contributed by atoms with Crippen LogP contribution in [0.15, 0.2) is 18.5 Å². The molecule has 12 heteroatoms. The van der Waals surface area contributed by atoms with E-state index in [0.29, 0.717) is 31.1 Å². The van der Waals surface area contributed by atoms with Crippen molar-refractivity contribution in [2.75, 3.05) is 13.1 Å². The average Bonchev–Trinajstić information content (AvgIpc) is 3.18. The second kappa shape index (κ2) is 8.77. The monoisotopic (exact) mass is 463 g/mol. The third-order valence-electron chi connectivity index (χ3n) is 5.82. The molecule has 3 heterocycles. The number of halogens is 3. The van der Waals surface area contributed by atoms with Crippen molar-refractivity contribution in [1.29, 1.82) is 0 Å². The normalized spacial score (nSPS) is 15.4. The summed E-state index contributed by atoms with van der Waals surface area (Å²) >= 11 is 0. The highest BCUT2D eigenvalue weighted by Gasteiger charge is 2.37. The summed E-state index contributed by atoms with van der Waals surface area (Å²) in [5.41, 5.74) is -1.67. The number of carbonyl (C=O) groups is 2. The predicted molar refractivity (Wildman–Crippen MR) is 108 cm³/mol. The van der Waals surface area contributed by atoms with Gasteiger partial charge in [0.1, 0.15) is 23.8 Å². The highest BCUT2D eigenvalue weighted by atomic mass is 19.1. The zero-order valence-corrected chi connectivity index (χ0v) is 17.5. The number of carboxylic acids is 2. The number of carboxylic acid groups (broad SMARTS) is 2. The lowest BCUT2D eigenvalue weighted by molar-refractivity contribution is -0.150. The van der Waals surface area contributed by atoms with Crippen molar-refractivity contribution in [3.63, 3.8) is 0 Å². The summed E-state index contributed by atoms with van der Waals surface area (Å²) in [7, 11) is 0. The van der Waals surface area contributed by atoms with Crippen molar-refractivity contribution in [1.82, 2.24) is 24.5 Å². The Morgan fingerprint density at radius 3 is 2.27 bits per heavy atom. The van der Waals surface area contributed by atoms with Gasteiger partial charge in [-0.15, -0.1) is 0 Å². The van der Waals surface area contributed by atoms with Gasteiger partial charge in [0.25, 0.3) is 5.78 Å². The summed E-state index contributed by atoms with van der Waals surface area (Å²) in [6.07, 6.45) is 2.87. The van der Waals surface area contributed by atoms with E-state index in [1.807, 2.05) is 4.90 Å². The molecule has 33 heavy (non-hydrogen) atoms. The predicted octanol–water partition coefficient (Wildman–Crippen LogP) is 2.69. The number of hydrogen-bond donors (Lipinski definition) is 2. The standard InChI is InChI=1S/C21H20F3N5O4/c1-10-2-4-28(5-3-10)8-14-16(15-12(23)6-11(22)7-13(15)24)18(17(19(30)31)20(32)33)27-21-25-9-26-29(14)21/h6-7,9-10,17H,2-5,8H2,1H3,(H,30,31)(H,32,33). The third kappa shape index (κ3) is 4.25. The van der Waals surface area contributed by atoms with Gasteiger partial charge in [-0.2, -0.15) is 14.6 Å². The van der Waals surface area contributed by atoms with Gasteiger partial charge in [-0.25, -0.2) is 18.2 Å². The molecule has 0 aliphatic carbocycles. The lowest BCUT2D eigenvalue weighted by Crippen LogP contribution is -2.34. The van der Waals surface area contributed by atoms with E-state index in [9.17, 15) is 33.0 Å². The molecule has 0 saturated carbocycles. The summed E-state index contributed by atoms with van der Waals surface area (Å²) < 4.78 is 44.7. The van der Waals surface area contributed by atoms with E-state index in [1.165, 1.54) is 4.52 Å². The number of fused-ring (bicyclic) bond motifs is 1. The van der Waals surface area contributed by atoms with Crippen LogP contribution in [-0.4, -0.2) is 59.7 Å². The van der Waals surface area contributed by atoms with Gasteiger partial charge in [-0.05, 0) is 31.8 Å². The van der Waals surface area contributed by atoms with E-state index >= 15 is 0 Å².